The quantitative estimate of drug-likeness (QED) is 0.575. The summed E-state index contributed by atoms with van der Waals surface area (Å²) in [7, 11) is 0. The van der Waals surface area contributed by atoms with Crippen LogP contribution in [0.1, 0.15) is 37.8 Å². The number of nitrogens with two attached hydrogens (primary N) is 1. The highest BCUT2D eigenvalue weighted by atomic mass is 35.5. The van der Waals surface area contributed by atoms with Crippen LogP contribution in [0.3, 0.4) is 0 Å². The molecule has 1 aliphatic carbocycles. The molecule has 0 aliphatic heterocycles. The average Bonchev–Trinajstić information content (AvgIpc) is 2.67. The Morgan fingerprint density at radius 1 is 0.931 bits per heavy atom. The maximum absolute atomic E-state index is 12.5. The minimum absolute atomic E-state index is 0. The molecule has 0 saturated carbocycles. The number of benzene rings is 2. The van der Waals surface area contributed by atoms with Crippen molar-refractivity contribution in [1.29, 1.82) is 0 Å². The van der Waals surface area contributed by atoms with E-state index in [9.17, 15) is 9.59 Å². The third-order valence-electron chi connectivity index (χ3n) is 5.05. The van der Waals surface area contributed by atoms with E-state index in [0.29, 0.717) is 11.4 Å². The number of carbonyl (C=O) groups is 2. The largest absolute Gasteiger partial charge is 0.325 e. The van der Waals surface area contributed by atoms with Crippen LogP contribution in [0.2, 0.25) is 0 Å². The van der Waals surface area contributed by atoms with E-state index >= 15 is 0 Å². The zero-order valence-corrected chi connectivity index (χ0v) is 17.6. The molecule has 0 saturated heterocycles. The van der Waals surface area contributed by atoms with Gasteiger partial charge in [-0.15, -0.1) is 12.4 Å². The van der Waals surface area contributed by atoms with E-state index in [2.05, 4.69) is 22.0 Å². The minimum atomic E-state index is -0.579. The van der Waals surface area contributed by atoms with Crippen LogP contribution in [0.5, 0.6) is 0 Å². The Hall–Kier alpha value is -2.57. The van der Waals surface area contributed by atoms with E-state index in [1.54, 1.807) is 24.3 Å². The lowest BCUT2D eigenvalue weighted by Crippen LogP contribution is -2.39. The normalized spacial score (nSPS) is 13.7. The van der Waals surface area contributed by atoms with Gasteiger partial charge in [0.05, 0.1) is 6.04 Å². The van der Waals surface area contributed by atoms with Crippen LogP contribution in [0, 0.1) is 5.92 Å². The summed E-state index contributed by atoms with van der Waals surface area (Å²) in [5.41, 5.74) is 10.5. The van der Waals surface area contributed by atoms with Crippen molar-refractivity contribution in [3.05, 3.63) is 53.6 Å². The van der Waals surface area contributed by atoms with Gasteiger partial charge in [-0.1, -0.05) is 32.0 Å². The summed E-state index contributed by atoms with van der Waals surface area (Å²) in [6.45, 7) is 3.80. The number of anilines is 3. The highest BCUT2D eigenvalue weighted by molar-refractivity contribution is 6.01. The van der Waals surface area contributed by atoms with Crippen molar-refractivity contribution in [3.63, 3.8) is 0 Å². The topological polar surface area (TPSA) is 96.2 Å². The van der Waals surface area contributed by atoms with E-state index in [4.69, 9.17) is 5.73 Å². The van der Waals surface area contributed by atoms with Crippen molar-refractivity contribution in [1.82, 2.24) is 0 Å². The molecule has 1 aliphatic rings. The summed E-state index contributed by atoms with van der Waals surface area (Å²) in [6.07, 6.45) is 4.39. The molecule has 0 aromatic heterocycles. The van der Waals surface area contributed by atoms with Crippen molar-refractivity contribution in [2.45, 2.75) is 45.6 Å². The van der Waals surface area contributed by atoms with Gasteiger partial charge < -0.3 is 21.7 Å². The predicted octanol–water partition coefficient (Wildman–Crippen LogP) is 4.55. The van der Waals surface area contributed by atoms with E-state index in [1.165, 1.54) is 17.5 Å². The lowest BCUT2D eigenvalue weighted by atomic mass is 9.90. The summed E-state index contributed by atoms with van der Waals surface area (Å²) in [5.74, 6) is -0.198. The van der Waals surface area contributed by atoms with Crippen LogP contribution in [0.4, 0.5) is 21.9 Å². The Balaban J connectivity index is 0.00000300. The number of fused-ring (bicyclic) bond motifs is 1. The Bertz CT molecular complexity index is 870. The number of hydrogen-bond acceptors (Lipinski definition) is 3. The van der Waals surface area contributed by atoms with E-state index in [-0.39, 0.29) is 30.3 Å². The summed E-state index contributed by atoms with van der Waals surface area (Å²) in [6, 6.07) is 12.2. The first-order chi connectivity index (χ1) is 13.4. The van der Waals surface area contributed by atoms with Crippen molar-refractivity contribution >= 4 is 41.4 Å². The van der Waals surface area contributed by atoms with Crippen LogP contribution in [-0.4, -0.2) is 18.0 Å². The zero-order chi connectivity index (χ0) is 20.1. The number of amides is 3. The Morgan fingerprint density at radius 2 is 1.59 bits per heavy atom. The molecular weight excluding hydrogens is 388 g/mol. The van der Waals surface area contributed by atoms with Crippen LogP contribution < -0.4 is 21.7 Å². The molecular formula is C22H29ClN4O2. The van der Waals surface area contributed by atoms with Gasteiger partial charge in [0.1, 0.15) is 0 Å². The van der Waals surface area contributed by atoms with Crippen molar-refractivity contribution in [3.8, 4) is 0 Å². The van der Waals surface area contributed by atoms with Gasteiger partial charge in [0, 0.05) is 17.1 Å². The number of aryl methyl sites for hydroxylation is 1. The highest BCUT2D eigenvalue weighted by Gasteiger charge is 2.17. The zero-order valence-electron chi connectivity index (χ0n) is 16.8. The molecule has 0 radical (unpaired) electrons. The predicted molar refractivity (Wildman–Crippen MR) is 121 cm³/mol. The van der Waals surface area contributed by atoms with Gasteiger partial charge in [0.2, 0.25) is 5.91 Å². The van der Waals surface area contributed by atoms with Crippen LogP contribution >= 0.6 is 12.4 Å². The van der Waals surface area contributed by atoms with Crippen LogP contribution in [-0.2, 0) is 17.6 Å². The summed E-state index contributed by atoms with van der Waals surface area (Å²) in [4.78, 5) is 24.6. The maximum Gasteiger partial charge on any atom is 0.323 e. The van der Waals surface area contributed by atoms with Crippen LogP contribution in [0.25, 0.3) is 0 Å². The van der Waals surface area contributed by atoms with Gasteiger partial charge in [-0.25, -0.2) is 4.79 Å². The molecule has 3 amide bonds. The van der Waals surface area contributed by atoms with Gasteiger partial charge >= 0.3 is 6.03 Å². The lowest BCUT2D eigenvalue weighted by Gasteiger charge is -2.20. The summed E-state index contributed by atoms with van der Waals surface area (Å²) in [5, 5.41) is 8.58. The summed E-state index contributed by atoms with van der Waals surface area (Å²) < 4.78 is 0. The number of rotatable bonds is 5. The van der Waals surface area contributed by atoms with Gasteiger partial charge in [0.15, 0.2) is 0 Å². The third kappa shape index (κ3) is 5.95. The average molecular weight is 417 g/mol. The first-order valence-corrected chi connectivity index (χ1v) is 9.79. The Labute approximate surface area is 178 Å². The van der Waals surface area contributed by atoms with Gasteiger partial charge in [-0.3, -0.25) is 4.79 Å². The third-order valence-corrected chi connectivity index (χ3v) is 5.05. The molecule has 5 N–H and O–H groups in total. The second-order valence-electron chi connectivity index (χ2n) is 7.57. The van der Waals surface area contributed by atoms with Gasteiger partial charge in [-0.2, -0.15) is 0 Å². The van der Waals surface area contributed by atoms with E-state index in [0.717, 1.165) is 24.9 Å². The minimum Gasteiger partial charge on any atom is -0.325 e. The fraction of sp³-hybridized carbons (Fsp3) is 0.364. The van der Waals surface area contributed by atoms with Crippen LogP contribution in [0.15, 0.2) is 42.5 Å². The van der Waals surface area contributed by atoms with Gasteiger partial charge in [0.25, 0.3) is 0 Å². The smallest absolute Gasteiger partial charge is 0.323 e. The monoisotopic (exact) mass is 416 g/mol. The lowest BCUT2D eigenvalue weighted by molar-refractivity contribution is -0.118. The fourth-order valence-electron chi connectivity index (χ4n) is 3.39. The molecule has 0 spiro atoms. The summed E-state index contributed by atoms with van der Waals surface area (Å²) >= 11 is 0. The molecule has 6 nitrogen and oxygen atoms in total. The molecule has 1 atom stereocenters. The van der Waals surface area contributed by atoms with E-state index in [1.807, 2.05) is 26.0 Å². The molecule has 29 heavy (non-hydrogen) atoms. The first-order valence-electron chi connectivity index (χ1n) is 9.79. The number of carbonyl (C=O) groups excluding carboxylic acids is 2. The second-order valence-corrected chi connectivity index (χ2v) is 7.57. The highest BCUT2D eigenvalue weighted by Crippen LogP contribution is 2.28. The molecule has 0 unspecified atom stereocenters. The fourth-order valence-corrected chi connectivity index (χ4v) is 3.39. The molecule has 3 rings (SSSR count). The Kier molecular flexibility index (Phi) is 8.05. The molecule has 156 valence electrons. The maximum atomic E-state index is 12.5. The van der Waals surface area contributed by atoms with Crippen molar-refractivity contribution < 1.29 is 9.59 Å². The van der Waals surface area contributed by atoms with Gasteiger partial charge in [-0.05, 0) is 67.0 Å². The molecule has 2 aromatic rings. The molecule has 7 heteroatoms. The molecule has 0 bridgehead atoms. The number of urea groups is 1. The van der Waals surface area contributed by atoms with E-state index < -0.39 is 6.04 Å². The molecule has 0 heterocycles. The first kappa shape index (κ1) is 22.7. The molecule has 2 aromatic carbocycles. The number of nitrogens with one attached hydrogen (secondary N) is 3. The number of hydrogen-bond donors (Lipinski definition) is 4. The molecule has 0 fully saturated rings. The standard InChI is InChI=1S/C22H28N4O2.ClH/c1-14(2)20(23)21(27)24-16-9-6-10-17(13-16)25-22(28)26-19-12-5-8-15-7-3-4-11-18(15)19;/h5-6,8-10,12-14,20H,3-4,7,11,23H2,1-2H3,(H,24,27)(H2,25,26,28);1H/t20-;/m0./s1. The second kappa shape index (κ2) is 10.3. The van der Waals surface area contributed by atoms with Crippen molar-refractivity contribution in [2.24, 2.45) is 11.7 Å². The van der Waals surface area contributed by atoms with Crippen molar-refractivity contribution in [2.75, 3.05) is 16.0 Å². The SMILES string of the molecule is CC(C)[C@H](N)C(=O)Nc1cccc(NC(=O)Nc2cccc3c2CCCC3)c1.Cl. The number of halogens is 1. The Morgan fingerprint density at radius 3 is 2.31 bits per heavy atom.